The van der Waals surface area contributed by atoms with E-state index < -0.39 is 0 Å². The highest BCUT2D eigenvalue weighted by Gasteiger charge is 2.25. The molecule has 0 saturated carbocycles. The normalized spacial score (nSPS) is 14.1. The van der Waals surface area contributed by atoms with Crippen molar-refractivity contribution in [1.82, 2.24) is 14.7 Å². The lowest BCUT2D eigenvalue weighted by Gasteiger charge is -2.32. The number of amides is 3. The van der Waals surface area contributed by atoms with Crippen LogP contribution in [0.3, 0.4) is 0 Å². The van der Waals surface area contributed by atoms with Crippen LogP contribution in [0.5, 0.6) is 0 Å². The number of hydrogen-bond donors (Lipinski definition) is 2. The van der Waals surface area contributed by atoms with Gasteiger partial charge in [0.2, 0.25) is 5.91 Å². The third-order valence-corrected chi connectivity index (χ3v) is 7.90. The van der Waals surface area contributed by atoms with Crippen LogP contribution in [0.4, 0.5) is 16.3 Å². The fourth-order valence-electron chi connectivity index (χ4n) is 5.35. The maximum atomic E-state index is 13.3. The van der Waals surface area contributed by atoms with Crippen molar-refractivity contribution in [1.29, 1.82) is 0 Å². The molecular formula is C34H41N5O3. The van der Waals surface area contributed by atoms with Gasteiger partial charge >= 0.3 is 6.03 Å². The Morgan fingerprint density at radius 2 is 1.71 bits per heavy atom. The molecule has 2 aromatic heterocycles. The summed E-state index contributed by atoms with van der Waals surface area (Å²) in [5, 5.41) is 10.9. The van der Waals surface area contributed by atoms with Gasteiger partial charge in [0.25, 0.3) is 0 Å². The molecule has 5 rings (SSSR count). The van der Waals surface area contributed by atoms with E-state index in [0.717, 1.165) is 66.3 Å². The molecule has 42 heavy (non-hydrogen) atoms. The number of carbonyl (C=O) groups excluding carboxylic acids is 2. The minimum Gasteiger partial charge on any atom is -0.469 e. The zero-order valence-electron chi connectivity index (χ0n) is 25.0. The molecule has 1 aliphatic rings. The SMILES string of the molecule is Cc1ccc(-n2nc(C(C)(C)C)cc2NC(=O)Nc2ccccc2CC2CCN(C(=O)CCc3ccco3)CC2)cc1. The van der Waals surface area contributed by atoms with Crippen LogP contribution in [-0.4, -0.2) is 39.7 Å². The van der Waals surface area contributed by atoms with Crippen LogP contribution in [0.2, 0.25) is 0 Å². The summed E-state index contributed by atoms with van der Waals surface area (Å²) >= 11 is 0. The number of urea groups is 1. The smallest absolute Gasteiger partial charge is 0.324 e. The van der Waals surface area contributed by atoms with E-state index in [0.29, 0.717) is 24.6 Å². The van der Waals surface area contributed by atoms with E-state index in [-0.39, 0.29) is 17.4 Å². The Balaban J connectivity index is 1.20. The summed E-state index contributed by atoms with van der Waals surface area (Å²) in [6, 6.07) is 21.4. The molecular weight excluding hydrogens is 526 g/mol. The second-order valence-electron chi connectivity index (χ2n) is 12.3. The van der Waals surface area contributed by atoms with Crippen LogP contribution in [-0.2, 0) is 23.1 Å². The number of nitrogens with one attached hydrogen (secondary N) is 2. The lowest BCUT2D eigenvalue weighted by molar-refractivity contribution is -0.132. The van der Waals surface area contributed by atoms with Crippen LogP contribution in [0, 0.1) is 12.8 Å². The van der Waals surface area contributed by atoms with E-state index in [2.05, 4.69) is 37.5 Å². The third kappa shape index (κ3) is 7.29. The van der Waals surface area contributed by atoms with Gasteiger partial charge in [-0.25, -0.2) is 9.48 Å². The molecule has 4 aromatic rings. The lowest BCUT2D eigenvalue weighted by atomic mass is 9.89. The summed E-state index contributed by atoms with van der Waals surface area (Å²) in [7, 11) is 0. The first-order valence-electron chi connectivity index (χ1n) is 14.8. The number of nitrogens with zero attached hydrogens (tertiary/aromatic N) is 3. The van der Waals surface area contributed by atoms with Crippen LogP contribution in [0.25, 0.3) is 5.69 Å². The van der Waals surface area contributed by atoms with Crippen molar-refractivity contribution in [2.45, 2.75) is 65.2 Å². The van der Waals surface area contributed by atoms with E-state index in [1.54, 1.807) is 10.9 Å². The number of likely N-dealkylation sites (tertiary alicyclic amines) is 1. The van der Waals surface area contributed by atoms with E-state index in [9.17, 15) is 9.59 Å². The van der Waals surface area contributed by atoms with Gasteiger partial charge in [0.05, 0.1) is 17.6 Å². The molecule has 0 atom stereocenters. The Bertz CT molecular complexity index is 1490. The summed E-state index contributed by atoms with van der Waals surface area (Å²) in [5.74, 6) is 2.09. The molecule has 8 heteroatoms. The molecule has 3 heterocycles. The van der Waals surface area contributed by atoms with Crippen molar-refractivity contribution in [3.63, 3.8) is 0 Å². The molecule has 3 amide bonds. The Morgan fingerprint density at radius 3 is 2.40 bits per heavy atom. The molecule has 8 nitrogen and oxygen atoms in total. The standard InChI is InChI=1S/C34H41N5O3/c1-24-11-13-27(14-12-24)39-31(23-30(37-39)34(2,3)4)36-33(41)35-29-10-6-5-8-26(29)22-25-17-19-38(20-18-25)32(40)16-15-28-9-7-21-42-28/h5-14,21,23,25H,15-20,22H2,1-4H3,(H2,35,36,41). The van der Waals surface area contributed by atoms with Crippen LogP contribution >= 0.6 is 0 Å². The second-order valence-corrected chi connectivity index (χ2v) is 12.3. The number of carbonyl (C=O) groups is 2. The largest absolute Gasteiger partial charge is 0.469 e. The maximum Gasteiger partial charge on any atom is 0.324 e. The predicted molar refractivity (Wildman–Crippen MR) is 166 cm³/mol. The zero-order chi connectivity index (χ0) is 29.7. The monoisotopic (exact) mass is 567 g/mol. The summed E-state index contributed by atoms with van der Waals surface area (Å²) in [6.45, 7) is 9.89. The van der Waals surface area contributed by atoms with Gasteiger partial charge in [-0.15, -0.1) is 0 Å². The van der Waals surface area contributed by atoms with Crippen molar-refractivity contribution in [3.05, 3.63) is 95.6 Å². The summed E-state index contributed by atoms with van der Waals surface area (Å²) < 4.78 is 7.15. The van der Waals surface area contributed by atoms with Crippen molar-refractivity contribution in [2.24, 2.45) is 5.92 Å². The first kappa shape index (κ1) is 29.2. The van der Waals surface area contributed by atoms with E-state index in [1.807, 2.05) is 72.5 Å². The molecule has 0 spiro atoms. The van der Waals surface area contributed by atoms with Crippen molar-refractivity contribution >= 4 is 23.4 Å². The summed E-state index contributed by atoms with van der Waals surface area (Å²) in [5.41, 5.74) is 4.66. The Kier molecular flexibility index (Phi) is 8.80. The van der Waals surface area contributed by atoms with Crippen molar-refractivity contribution < 1.29 is 14.0 Å². The highest BCUT2D eigenvalue weighted by atomic mass is 16.3. The van der Waals surface area contributed by atoms with Crippen molar-refractivity contribution in [2.75, 3.05) is 23.7 Å². The van der Waals surface area contributed by atoms with E-state index >= 15 is 0 Å². The summed E-state index contributed by atoms with van der Waals surface area (Å²) in [4.78, 5) is 27.9. The van der Waals surface area contributed by atoms with Gasteiger partial charge in [0, 0.05) is 43.1 Å². The van der Waals surface area contributed by atoms with Crippen LogP contribution < -0.4 is 10.6 Å². The number of rotatable bonds is 8. The number of hydrogen-bond acceptors (Lipinski definition) is 4. The first-order chi connectivity index (χ1) is 20.2. The zero-order valence-corrected chi connectivity index (χ0v) is 25.0. The molecule has 2 aromatic carbocycles. The Morgan fingerprint density at radius 1 is 0.976 bits per heavy atom. The van der Waals surface area contributed by atoms with Gasteiger partial charge in [-0.05, 0) is 68.0 Å². The topological polar surface area (TPSA) is 92.4 Å². The quantitative estimate of drug-likeness (QED) is 0.237. The van der Waals surface area contributed by atoms with Crippen LogP contribution in [0.15, 0.2) is 77.4 Å². The fourth-order valence-corrected chi connectivity index (χ4v) is 5.35. The Hall–Kier alpha value is -4.33. The molecule has 1 saturated heterocycles. The maximum absolute atomic E-state index is 13.3. The highest BCUT2D eigenvalue weighted by Crippen LogP contribution is 2.28. The molecule has 220 valence electrons. The molecule has 0 unspecified atom stereocenters. The molecule has 1 aliphatic heterocycles. The minimum atomic E-state index is -0.312. The van der Waals surface area contributed by atoms with Crippen molar-refractivity contribution in [3.8, 4) is 5.69 Å². The second kappa shape index (κ2) is 12.7. The third-order valence-electron chi connectivity index (χ3n) is 7.90. The fraction of sp³-hybridized carbons (Fsp3) is 0.382. The van der Waals surface area contributed by atoms with Gasteiger partial charge in [-0.2, -0.15) is 5.10 Å². The number of benzene rings is 2. The van der Waals surface area contributed by atoms with Gasteiger partial charge in [0.1, 0.15) is 11.6 Å². The van der Waals surface area contributed by atoms with Crippen LogP contribution in [0.1, 0.15) is 62.6 Å². The number of aryl methyl sites for hydroxylation is 2. The van der Waals surface area contributed by atoms with E-state index in [4.69, 9.17) is 9.52 Å². The average Bonchev–Trinajstić information content (AvgIpc) is 3.64. The van der Waals surface area contributed by atoms with Gasteiger partial charge in [-0.1, -0.05) is 56.7 Å². The highest BCUT2D eigenvalue weighted by molar-refractivity contribution is 6.00. The molecule has 0 aliphatic carbocycles. The average molecular weight is 568 g/mol. The van der Waals surface area contributed by atoms with E-state index in [1.165, 1.54) is 0 Å². The van der Waals surface area contributed by atoms with Gasteiger partial charge < -0.3 is 14.6 Å². The molecule has 1 fully saturated rings. The molecule has 2 N–H and O–H groups in total. The number of para-hydroxylation sites is 1. The minimum absolute atomic E-state index is 0.172. The number of furan rings is 1. The first-order valence-corrected chi connectivity index (χ1v) is 14.8. The summed E-state index contributed by atoms with van der Waals surface area (Å²) in [6.07, 6.45) is 5.48. The molecule has 0 bridgehead atoms. The van der Waals surface area contributed by atoms with Gasteiger partial charge in [-0.3, -0.25) is 10.1 Å². The number of aromatic nitrogens is 2. The number of piperidine rings is 1. The lowest BCUT2D eigenvalue weighted by Crippen LogP contribution is -2.39. The predicted octanol–water partition coefficient (Wildman–Crippen LogP) is 7.13. The number of anilines is 2. The molecule has 0 radical (unpaired) electrons. The Labute approximate surface area is 248 Å². The van der Waals surface area contributed by atoms with Gasteiger partial charge in [0.15, 0.2) is 0 Å².